The quantitative estimate of drug-likeness (QED) is 0.779. The maximum Gasteiger partial charge on any atom is 0.282 e. The number of amides is 1. The fourth-order valence-electron chi connectivity index (χ4n) is 4.51. The summed E-state index contributed by atoms with van der Waals surface area (Å²) < 4.78 is 0. The highest BCUT2D eigenvalue weighted by Gasteiger charge is 2.33. The lowest BCUT2D eigenvalue weighted by Gasteiger charge is -2.30. The van der Waals surface area contributed by atoms with Crippen LogP contribution in [0.25, 0.3) is 6.08 Å². The van der Waals surface area contributed by atoms with E-state index in [1.165, 1.54) is 16.0 Å². The normalized spacial score (nSPS) is 24.5. The molecule has 146 valence electrons. The van der Waals surface area contributed by atoms with E-state index in [1.807, 2.05) is 17.0 Å². The number of hydrogen-bond acceptors (Lipinski definition) is 1. The number of nitrogens with zero attached hydrogens (tertiary/aromatic N) is 1. The smallest absolute Gasteiger partial charge is 0.282 e. The van der Waals surface area contributed by atoms with E-state index in [9.17, 15) is 4.79 Å². The van der Waals surface area contributed by atoms with Crippen molar-refractivity contribution in [1.29, 1.82) is 0 Å². The van der Waals surface area contributed by atoms with E-state index in [1.54, 1.807) is 4.90 Å². The zero-order valence-electron chi connectivity index (χ0n) is 16.7. The first kappa shape index (κ1) is 18.9. The number of rotatable bonds is 5. The van der Waals surface area contributed by atoms with Gasteiger partial charge in [-0.2, -0.15) is 0 Å². The number of nitrogens with one attached hydrogen (secondary N) is 2. The Bertz CT molecular complexity index is 825. The summed E-state index contributed by atoms with van der Waals surface area (Å²) in [7, 11) is 0. The van der Waals surface area contributed by atoms with Crippen molar-refractivity contribution in [2.45, 2.75) is 19.4 Å². The Hall–Kier alpha value is -2.43. The van der Waals surface area contributed by atoms with Crippen LogP contribution in [0.3, 0.4) is 0 Å². The highest BCUT2D eigenvalue weighted by molar-refractivity contribution is 5.96. The summed E-state index contributed by atoms with van der Waals surface area (Å²) in [4.78, 5) is 18.1. The third kappa shape index (κ3) is 4.34. The number of anilines is 1. The Morgan fingerprint density at radius 3 is 2.46 bits per heavy atom. The van der Waals surface area contributed by atoms with E-state index in [4.69, 9.17) is 0 Å². The Kier molecular flexibility index (Phi) is 5.89. The summed E-state index contributed by atoms with van der Waals surface area (Å²) in [5.41, 5.74) is 3.68. The van der Waals surface area contributed by atoms with Crippen LogP contribution in [-0.2, 0) is 11.2 Å². The van der Waals surface area contributed by atoms with Crippen LogP contribution in [0.1, 0.15) is 18.1 Å². The summed E-state index contributed by atoms with van der Waals surface area (Å²) in [6.45, 7) is 8.25. The second-order valence-electron chi connectivity index (χ2n) is 8.14. The molecule has 0 bridgehead atoms. The van der Waals surface area contributed by atoms with Gasteiger partial charge in [-0.3, -0.25) is 4.79 Å². The van der Waals surface area contributed by atoms with Gasteiger partial charge in [-0.15, -0.1) is 0 Å². The molecular formula is C24H31N3O+2. The van der Waals surface area contributed by atoms with Crippen molar-refractivity contribution in [3.8, 4) is 0 Å². The van der Waals surface area contributed by atoms with Gasteiger partial charge in [0.15, 0.2) is 6.54 Å². The zero-order valence-corrected chi connectivity index (χ0v) is 16.7. The molecule has 2 aromatic carbocycles. The SMILES string of the molecule is C[C@H]1Cc2ccccc2N1C(=O)C[NH+]1CC[NH+](C/C=C/c2ccccc2)CC1. The number of piperazine rings is 1. The molecule has 2 aromatic rings. The summed E-state index contributed by atoms with van der Waals surface area (Å²) >= 11 is 0. The molecule has 0 spiro atoms. The van der Waals surface area contributed by atoms with Gasteiger partial charge in [0, 0.05) is 11.7 Å². The van der Waals surface area contributed by atoms with Gasteiger partial charge < -0.3 is 14.7 Å². The third-order valence-electron chi connectivity index (χ3n) is 6.06. The van der Waals surface area contributed by atoms with Crippen LogP contribution >= 0.6 is 0 Å². The van der Waals surface area contributed by atoms with Crippen LogP contribution in [0.4, 0.5) is 5.69 Å². The predicted octanol–water partition coefficient (Wildman–Crippen LogP) is 0.461. The number of carbonyl (C=O) groups excluding carboxylic acids is 1. The second-order valence-corrected chi connectivity index (χ2v) is 8.14. The molecule has 1 saturated heterocycles. The molecule has 0 radical (unpaired) electrons. The molecule has 1 amide bonds. The molecule has 4 rings (SSSR count). The van der Waals surface area contributed by atoms with Gasteiger partial charge in [-0.05, 0) is 36.6 Å². The molecule has 2 heterocycles. The lowest BCUT2D eigenvalue weighted by atomic mass is 10.1. The van der Waals surface area contributed by atoms with Gasteiger partial charge in [0.05, 0.1) is 6.54 Å². The maximum atomic E-state index is 13.0. The minimum Gasteiger partial charge on any atom is -0.322 e. The van der Waals surface area contributed by atoms with E-state index in [0.717, 1.165) is 44.8 Å². The number of para-hydroxylation sites is 1. The maximum absolute atomic E-state index is 13.0. The summed E-state index contributed by atoms with van der Waals surface area (Å²) in [5.74, 6) is 0.278. The minimum atomic E-state index is 0.277. The van der Waals surface area contributed by atoms with E-state index in [0.29, 0.717) is 6.54 Å². The van der Waals surface area contributed by atoms with Crippen molar-refractivity contribution in [3.63, 3.8) is 0 Å². The highest BCUT2D eigenvalue weighted by atomic mass is 16.2. The first-order chi connectivity index (χ1) is 13.7. The van der Waals surface area contributed by atoms with Gasteiger partial charge in [0.25, 0.3) is 5.91 Å². The predicted molar refractivity (Wildman–Crippen MR) is 114 cm³/mol. The van der Waals surface area contributed by atoms with E-state index in [2.05, 4.69) is 61.5 Å². The topological polar surface area (TPSA) is 29.2 Å². The van der Waals surface area contributed by atoms with Crippen molar-refractivity contribution in [2.24, 2.45) is 0 Å². The largest absolute Gasteiger partial charge is 0.322 e. The van der Waals surface area contributed by atoms with Crippen molar-refractivity contribution in [1.82, 2.24) is 0 Å². The Labute approximate surface area is 168 Å². The molecule has 0 aromatic heterocycles. The van der Waals surface area contributed by atoms with E-state index in [-0.39, 0.29) is 11.9 Å². The van der Waals surface area contributed by atoms with Crippen molar-refractivity contribution in [2.75, 3.05) is 44.2 Å². The van der Waals surface area contributed by atoms with Gasteiger partial charge in [-0.1, -0.05) is 54.6 Å². The zero-order chi connectivity index (χ0) is 19.3. The van der Waals surface area contributed by atoms with Crippen LogP contribution in [0.5, 0.6) is 0 Å². The van der Waals surface area contributed by atoms with Crippen LogP contribution in [0, 0.1) is 0 Å². The first-order valence-corrected chi connectivity index (χ1v) is 10.5. The molecule has 4 nitrogen and oxygen atoms in total. The Balaban J connectivity index is 1.25. The van der Waals surface area contributed by atoms with Crippen LogP contribution < -0.4 is 14.7 Å². The summed E-state index contributed by atoms with van der Waals surface area (Å²) in [6.07, 6.45) is 5.47. The average Bonchev–Trinajstić information content (AvgIpc) is 3.06. The fourth-order valence-corrected chi connectivity index (χ4v) is 4.51. The molecule has 2 aliphatic heterocycles. The molecule has 0 unspecified atom stereocenters. The highest BCUT2D eigenvalue weighted by Crippen LogP contribution is 2.31. The van der Waals surface area contributed by atoms with Gasteiger partial charge in [0.1, 0.15) is 26.2 Å². The summed E-state index contributed by atoms with van der Waals surface area (Å²) in [5, 5.41) is 0. The van der Waals surface area contributed by atoms with Crippen LogP contribution in [0.15, 0.2) is 60.7 Å². The average molecular weight is 378 g/mol. The van der Waals surface area contributed by atoms with Crippen LogP contribution in [0.2, 0.25) is 0 Å². The van der Waals surface area contributed by atoms with E-state index >= 15 is 0 Å². The lowest BCUT2D eigenvalue weighted by Crippen LogP contribution is -3.28. The van der Waals surface area contributed by atoms with Gasteiger partial charge in [-0.25, -0.2) is 0 Å². The summed E-state index contributed by atoms with van der Waals surface area (Å²) in [6, 6.07) is 19.1. The number of hydrogen-bond donors (Lipinski definition) is 2. The van der Waals surface area contributed by atoms with Gasteiger partial charge in [0.2, 0.25) is 0 Å². The number of carbonyl (C=O) groups is 1. The molecule has 0 aliphatic carbocycles. The Morgan fingerprint density at radius 1 is 1.00 bits per heavy atom. The molecule has 0 saturated carbocycles. The number of benzene rings is 2. The van der Waals surface area contributed by atoms with Crippen molar-refractivity contribution >= 4 is 17.7 Å². The van der Waals surface area contributed by atoms with Gasteiger partial charge >= 0.3 is 0 Å². The molecule has 2 N–H and O–H groups in total. The minimum absolute atomic E-state index is 0.277. The van der Waals surface area contributed by atoms with E-state index < -0.39 is 0 Å². The molecule has 1 atom stereocenters. The lowest BCUT2D eigenvalue weighted by molar-refractivity contribution is -1.01. The Morgan fingerprint density at radius 2 is 1.68 bits per heavy atom. The molecular weight excluding hydrogens is 346 g/mol. The second kappa shape index (κ2) is 8.72. The molecule has 4 heteroatoms. The molecule has 2 aliphatic rings. The monoisotopic (exact) mass is 377 g/mol. The standard InChI is InChI=1S/C24H29N3O/c1-20-18-22-11-5-6-12-23(22)27(20)24(28)19-26-16-14-25(15-17-26)13-7-10-21-8-3-2-4-9-21/h2-12,20H,13-19H2,1H3/p+2/b10-7+/t20-/m0/s1. The fraction of sp³-hybridized carbons (Fsp3) is 0.375. The van der Waals surface area contributed by atoms with Crippen molar-refractivity contribution in [3.05, 3.63) is 71.8 Å². The number of quaternary nitrogens is 2. The molecule has 28 heavy (non-hydrogen) atoms. The van der Waals surface area contributed by atoms with Crippen LogP contribution in [-0.4, -0.2) is 51.2 Å². The first-order valence-electron chi connectivity index (χ1n) is 10.5. The third-order valence-corrected chi connectivity index (χ3v) is 6.06. The molecule has 1 fully saturated rings. The number of fused-ring (bicyclic) bond motifs is 1. The van der Waals surface area contributed by atoms with Crippen molar-refractivity contribution < 1.29 is 14.6 Å².